The zero-order chi connectivity index (χ0) is 16.2. The van der Waals surface area contributed by atoms with Crippen molar-refractivity contribution in [3.63, 3.8) is 0 Å². The maximum atomic E-state index is 12.6. The zero-order valence-electron chi connectivity index (χ0n) is 14.6. The molecule has 3 rings (SSSR count). The van der Waals surface area contributed by atoms with Gasteiger partial charge in [-0.25, -0.2) is 0 Å². The molecule has 23 heavy (non-hydrogen) atoms. The average molecular weight is 314 g/mol. The van der Waals surface area contributed by atoms with Gasteiger partial charge < -0.3 is 4.90 Å². The van der Waals surface area contributed by atoms with Gasteiger partial charge >= 0.3 is 0 Å². The summed E-state index contributed by atoms with van der Waals surface area (Å²) >= 11 is 0. The molecule has 0 radical (unpaired) electrons. The molecule has 2 atom stereocenters. The topological polar surface area (TPSA) is 23.6 Å². The summed E-state index contributed by atoms with van der Waals surface area (Å²) in [6, 6.07) is 8.31. The molecule has 2 heterocycles. The van der Waals surface area contributed by atoms with Crippen molar-refractivity contribution >= 4 is 5.91 Å². The Hall–Kier alpha value is -1.35. The van der Waals surface area contributed by atoms with Gasteiger partial charge in [-0.3, -0.25) is 9.69 Å². The lowest BCUT2D eigenvalue weighted by atomic mass is 9.99. The molecular weight excluding hydrogens is 284 g/mol. The van der Waals surface area contributed by atoms with Crippen molar-refractivity contribution in [2.45, 2.75) is 46.1 Å². The highest BCUT2D eigenvalue weighted by atomic mass is 16.2. The number of benzene rings is 1. The number of carbonyl (C=O) groups is 1. The smallest absolute Gasteiger partial charge is 0.253 e. The largest absolute Gasteiger partial charge is 0.338 e. The van der Waals surface area contributed by atoms with Crippen LogP contribution in [0, 0.1) is 11.8 Å². The van der Waals surface area contributed by atoms with Gasteiger partial charge in [0.25, 0.3) is 5.91 Å². The van der Waals surface area contributed by atoms with Crippen molar-refractivity contribution in [2.24, 2.45) is 11.8 Å². The molecule has 1 amide bonds. The fraction of sp³-hybridized carbons (Fsp3) is 0.650. The second-order valence-electron chi connectivity index (χ2n) is 7.68. The molecule has 3 nitrogen and oxygen atoms in total. The van der Waals surface area contributed by atoms with Gasteiger partial charge in [-0.1, -0.05) is 26.0 Å². The normalized spacial score (nSPS) is 26.3. The number of hydrogen-bond acceptors (Lipinski definition) is 2. The lowest BCUT2D eigenvalue weighted by molar-refractivity contribution is 0.0683. The maximum absolute atomic E-state index is 12.6. The van der Waals surface area contributed by atoms with Crippen molar-refractivity contribution in [1.82, 2.24) is 9.80 Å². The van der Waals surface area contributed by atoms with Crippen molar-refractivity contribution < 1.29 is 4.79 Å². The molecule has 126 valence electrons. The molecule has 2 fully saturated rings. The summed E-state index contributed by atoms with van der Waals surface area (Å²) < 4.78 is 0. The van der Waals surface area contributed by atoms with Gasteiger partial charge in [0.2, 0.25) is 0 Å². The Morgan fingerprint density at radius 1 is 1.00 bits per heavy atom. The van der Waals surface area contributed by atoms with Gasteiger partial charge in [0.15, 0.2) is 0 Å². The Balaban J connectivity index is 1.59. The van der Waals surface area contributed by atoms with E-state index in [1.165, 1.54) is 37.9 Å². The summed E-state index contributed by atoms with van der Waals surface area (Å²) in [6.45, 7) is 9.82. The van der Waals surface area contributed by atoms with Crippen LogP contribution < -0.4 is 0 Å². The molecule has 0 saturated carbocycles. The van der Waals surface area contributed by atoms with Gasteiger partial charge in [0.05, 0.1) is 0 Å². The SMILES string of the molecule is C[C@@H]1CCCN(Cc2ccc(C(=O)N3CCC[C@H](C)C3)cc2)C1. The van der Waals surface area contributed by atoms with Crippen LogP contribution in [0.5, 0.6) is 0 Å². The van der Waals surface area contributed by atoms with E-state index in [4.69, 9.17) is 0 Å². The molecule has 1 aromatic rings. The number of piperidine rings is 2. The Morgan fingerprint density at radius 2 is 1.65 bits per heavy atom. The van der Waals surface area contributed by atoms with E-state index < -0.39 is 0 Å². The second kappa shape index (κ2) is 7.48. The van der Waals surface area contributed by atoms with Gasteiger partial charge in [0.1, 0.15) is 0 Å². The third-order valence-electron chi connectivity index (χ3n) is 5.29. The van der Waals surface area contributed by atoms with Crippen LogP contribution >= 0.6 is 0 Å². The predicted octanol–water partition coefficient (Wildman–Crippen LogP) is 3.79. The minimum Gasteiger partial charge on any atom is -0.338 e. The van der Waals surface area contributed by atoms with E-state index in [-0.39, 0.29) is 5.91 Å². The lowest BCUT2D eigenvalue weighted by Gasteiger charge is -2.31. The summed E-state index contributed by atoms with van der Waals surface area (Å²) in [4.78, 5) is 17.2. The lowest BCUT2D eigenvalue weighted by Crippen LogP contribution is -2.39. The Morgan fingerprint density at radius 3 is 2.30 bits per heavy atom. The molecular formula is C20H30N2O. The van der Waals surface area contributed by atoms with Crippen LogP contribution in [0.3, 0.4) is 0 Å². The van der Waals surface area contributed by atoms with Crippen molar-refractivity contribution in [1.29, 1.82) is 0 Å². The van der Waals surface area contributed by atoms with E-state index in [1.807, 2.05) is 17.0 Å². The summed E-state index contributed by atoms with van der Waals surface area (Å²) in [5, 5.41) is 0. The van der Waals surface area contributed by atoms with Crippen molar-refractivity contribution in [3.8, 4) is 0 Å². The number of carbonyl (C=O) groups excluding carboxylic acids is 1. The highest BCUT2D eigenvalue weighted by molar-refractivity contribution is 5.94. The summed E-state index contributed by atoms with van der Waals surface area (Å²) in [5.41, 5.74) is 2.16. The first-order valence-electron chi connectivity index (χ1n) is 9.22. The van der Waals surface area contributed by atoms with E-state index >= 15 is 0 Å². The molecule has 0 aliphatic carbocycles. The summed E-state index contributed by atoms with van der Waals surface area (Å²) in [6.07, 6.45) is 5.05. The van der Waals surface area contributed by atoms with Gasteiger partial charge in [-0.15, -0.1) is 0 Å². The van der Waals surface area contributed by atoms with Gasteiger partial charge in [0, 0.05) is 31.7 Å². The van der Waals surface area contributed by atoms with E-state index in [0.717, 1.165) is 37.5 Å². The number of nitrogens with zero attached hydrogens (tertiary/aromatic N) is 2. The van der Waals surface area contributed by atoms with E-state index in [9.17, 15) is 4.79 Å². The average Bonchev–Trinajstić information content (AvgIpc) is 2.55. The summed E-state index contributed by atoms with van der Waals surface area (Å²) in [7, 11) is 0. The van der Waals surface area contributed by atoms with E-state index in [2.05, 4.69) is 30.9 Å². The number of hydrogen-bond donors (Lipinski definition) is 0. The third kappa shape index (κ3) is 4.35. The predicted molar refractivity (Wildman–Crippen MR) is 94.4 cm³/mol. The van der Waals surface area contributed by atoms with Crippen molar-refractivity contribution in [2.75, 3.05) is 26.2 Å². The zero-order valence-corrected chi connectivity index (χ0v) is 14.6. The second-order valence-corrected chi connectivity index (χ2v) is 7.68. The van der Waals surface area contributed by atoms with E-state index in [0.29, 0.717) is 5.92 Å². The molecule has 1 aromatic carbocycles. The number of amides is 1. The van der Waals surface area contributed by atoms with Gasteiger partial charge in [-0.05, 0) is 61.8 Å². The molecule has 0 N–H and O–H groups in total. The molecule has 0 bridgehead atoms. The monoisotopic (exact) mass is 314 g/mol. The van der Waals surface area contributed by atoms with Crippen LogP contribution in [0.4, 0.5) is 0 Å². The minimum absolute atomic E-state index is 0.203. The minimum atomic E-state index is 0.203. The van der Waals surface area contributed by atoms with E-state index in [1.54, 1.807) is 0 Å². The summed E-state index contributed by atoms with van der Waals surface area (Å²) in [5.74, 6) is 1.65. The molecule has 0 aromatic heterocycles. The first-order chi connectivity index (χ1) is 11.1. The fourth-order valence-electron chi connectivity index (χ4n) is 4.00. The number of likely N-dealkylation sites (tertiary alicyclic amines) is 2. The number of rotatable bonds is 3. The molecule has 0 unspecified atom stereocenters. The molecule has 2 saturated heterocycles. The Kier molecular flexibility index (Phi) is 5.37. The highest BCUT2D eigenvalue weighted by Crippen LogP contribution is 2.20. The highest BCUT2D eigenvalue weighted by Gasteiger charge is 2.22. The maximum Gasteiger partial charge on any atom is 0.253 e. The molecule has 0 spiro atoms. The third-order valence-corrected chi connectivity index (χ3v) is 5.29. The van der Waals surface area contributed by atoms with Crippen LogP contribution in [0.25, 0.3) is 0 Å². The fourth-order valence-corrected chi connectivity index (χ4v) is 4.00. The molecule has 2 aliphatic heterocycles. The molecule has 2 aliphatic rings. The van der Waals surface area contributed by atoms with Crippen molar-refractivity contribution in [3.05, 3.63) is 35.4 Å². The molecule has 3 heteroatoms. The first kappa shape index (κ1) is 16.5. The van der Waals surface area contributed by atoms with Crippen LogP contribution in [0.1, 0.15) is 55.5 Å². The Bertz CT molecular complexity index is 525. The standard InChI is InChI=1S/C20H30N2O/c1-16-5-3-11-21(13-16)15-18-7-9-19(10-8-18)20(23)22-12-4-6-17(2)14-22/h7-10,16-17H,3-6,11-15H2,1-2H3/t16-,17+/m1/s1. The van der Waals surface area contributed by atoms with Crippen LogP contribution in [-0.2, 0) is 6.54 Å². The Labute approximate surface area is 140 Å². The quantitative estimate of drug-likeness (QED) is 0.847. The van der Waals surface area contributed by atoms with Gasteiger partial charge in [-0.2, -0.15) is 0 Å². The van der Waals surface area contributed by atoms with Crippen LogP contribution in [0.15, 0.2) is 24.3 Å². The van der Waals surface area contributed by atoms with Crippen LogP contribution in [-0.4, -0.2) is 41.9 Å². The van der Waals surface area contributed by atoms with Crippen LogP contribution in [0.2, 0.25) is 0 Å². The first-order valence-corrected chi connectivity index (χ1v) is 9.22.